The van der Waals surface area contributed by atoms with Crippen molar-refractivity contribution in [3.63, 3.8) is 0 Å². The van der Waals surface area contributed by atoms with E-state index in [0.717, 1.165) is 30.6 Å². The molecule has 1 aliphatic heterocycles. The number of nitrogens with zero attached hydrogens (tertiary/aromatic N) is 1. The number of hydrogen-bond donors (Lipinski definition) is 4. The van der Waals surface area contributed by atoms with Crippen LogP contribution in [0.4, 0.5) is 4.39 Å². The van der Waals surface area contributed by atoms with Crippen molar-refractivity contribution < 1.29 is 28.6 Å². The Morgan fingerprint density at radius 1 is 1.10 bits per heavy atom. The van der Waals surface area contributed by atoms with E-state index < -0.39 is 36.0 Å². The van der Waals surface area contributed by atoms with Gasteiger partial charge < -0.3 is 30.7 Å². The first-order chi connectivity index (χ1) is 19.9. The Morgan fingerprint density at radius 3 is 2.40 bits per heavy atom. The fourth-order valence-corrected chi connectivity index (χ4v) is 5.92. The fourth-order valence-electron chi connectivity index (χ4n) is 5.92. The Labute approximate surface area is 248 Å². The van der Waals surface area contributed by atoms with Crippen molar-refractivity contribution in [1.82, 2.24) is 20.9 Å². The van der Waals surface area contributed by atoms with Crippen LogP contribution in [0, 0.1) is 17.7 Å². The molecule has 4 N–H and O–H groups in total. The summed E-state index contributed by atoms with van der Waals surface area (Å²) in [7, 11) is 1.48. The van der Waals surface area contributed by atoms with Crippen LogP contribution in [0.15, 0.2) is 47.7 Å². The summed E-state index contributed by atoms with van der Waals surface area (Å²) in [6, 6.07) is 2.80. The molecule has 9 nitrogen and oxygen atoms in total. The number of halogens is 1. The van der Waals surface area contributed by atoms with Gasteiger partial charge in [-0.15, -0.1) is 0 Å². The summed E-state index contributed by atoms with van der Waals surface area (Å²) in [5.41, 5.74) is 1.75. The first-order valence-corrected chi connectivity index (χ1v) is 14.9. The molecule has 1 aromatic carbocycles. The first kappa shape index (κ1) is 33.3. The highest BCUT2D eigenvalue weighted by Gasteiger charge is 2.38. The molecule has 1 fully saturated rings. The summed E-state index contributed by atoms with van der Waals surface area (Å²) in [4.78, 5) is 42.1. The summed E-state index contributed by atoms with van der Waals surface area (Å²) in [5.74, 6) is -0.870. The number of hydrogen-bond acceptors (Lipinski definition) is 6. The van der Waals surface area contributed by atoms with Gasteiger partial charge >= 0.3 is 0 Å². The molecule has 42 heavy (non-hydrogen) atoms. The molecule has 1 aromatic rings. The fraction of sp³-hybridized carbons (Fsp3) is 0.594. The van der Waals surface area contributed by atoms with Gasteiger partial charge in [0.05, 0.1) is 17.9 Å². The quantitative estimate of drug-likeness (QED) is 0.421. The minimum absolute atomic E-state index is 0.104. The second-order valence-corrected chi connectivity index (χ2v) is 11.8. The summed E-state index contributed by atoms with van der Waals surface area (Å²) in [5, 5.41) is 19.8. The monoisotopic (exact) mass is 586 g/mol. The van der Waals surface area contributed by atoms with Gasteiger partial charge in [-0.1, -0.05) is 38.1 Å². The van der Waals surface area contributed by atoms with Gasteiger partial charge in [-0.2, -0.15) is 0 Å². The molecule has 3 amide bonds. The molecule has 1 saturated carbocycles. The number of carbonyl (C=O) groups excluding carboxylic acids is 3. The highest BCUT2D eigenvalue weighted by molar-refractivity contribution is 5.93. The molecule has 2 aliphatic rings. The Balaban J connectivity index is 1.98. The molecular weight excluding hydrogens is 539 g/mol. The zero-order valence-corrected chi connectivity index (χ0v) is 25.7. The molecule has 1 aliphatic carbocycles. The van der Waals surface area contributed by atoms with Crippen LogP contribution in [0.1, 0.15) is 59.4 Å². The number of benzene rings is 1. The number of allylic oxidation sites excluding steroid dienone is 4. The standard InChI is InChI=1S/C32H47FN4O5/c1-7-8-26-21(5)42-16-15-34-28(19(2)3)32(41)37(6)29(20(4)38)31(40)36-27(17-22-9-12-24(33)13-10-22)30(39)35-25-14-11-23(26)18-25/h7-10,12-13,19-20,23,25,27-29,34,38H,11,14-18H2,1-6H3,(H,35,39)(H,36,40). The van der Waals surface area contributed by atoms with Crippen molar-refractivity contribution in [1.29, 1.82) is 0 Å². The molecule has 0 saturated heterocycles. The number of rotatable bonds is 5. The van der Waals surface area contributed by atoms with Crippen molar-refractivity contribution in [2.75, 3.05) is 20.2 Å². The number of carbonyl (C=O) groups is 3. The highest BCUT2D eigenvalue weighted by atomic mass is 19.1. The summed E-state index contributed by atoms with van der Waals surface area (Å²) < 4.78 is 19.7. The minimum atomic E-state index is -1.23. The van der Waals surface area contributed by atoms with Gasteiger partial charge in [0.15, 0.2) is 0 Å². The van der Waals surface area contributed by atoms with E-state index in [1.807, 2.05) is 33.8 Å². The van der Waals surface area contributed by atoms with Crippen LogP contribution in [0.2, 0.25) is 0 Å². The van der Waals surface area contributed by atoms with E-state index in [4.69, 9.17) is 4.74 Å². The molecule has 3 rings (SSSR count). The van der Waals surface area contributed by atoms with E-state index >= 15 is 0 Å². The van der Waals surface area contributed by atoms with Gasteiger partial charge in [0, 0.05) is 26.1 Å². The zero-order chi connectivity index (χ0) is 31.0. The molecule has 0 spiro atoms. The number of likely N-dealkylation sites (N-methyl/N-ethyl adjacent to an activating group) is 1. The van der Waals surface area contributed by atoms with Crippen LogP contribution in [0.5, 0.6) is 0 Å². The number of aliphatic hydroxyl groups excluding tert-OH is 1. The molecule has 1 heterocycles. The summed E-state index contributed by atoms with van der Waals surface area (Å²) in [6.45, 7) is 9.92. The lowest BCUT2D eigenvalue weighted by molar-refractivity contribution is -0.145. The third-order valence-electron chi connectivity index (χ3n) is 8.17. The predicted molar refractivity (Wildman–Crippen MR) is 160 cm³/mol. The number of ether oxygens (including phenoxy) is 1. The van der Waals surface area contributed by atoms with Crippen LogP contribution in [-0.4, -0.2) is 78.2 Å². The van der Waals surface area contributed by atoms with Gasteiger partial charge in [0.2, 0.25) is 17.7 Å². The average molecular weight is 587 g/mol. The van der Waals surface area contributed by atoms with E-state index in [1.54, 1.807) is 12.1 Å². The minimum Gasteiger partial charge on any atom is -0.497 e. The molecule has 0 aromatic heterocycles. The molecule has 232 valence electrons. The molecule has 6 unspecified atom stereocenters. The molecule has 2 bridgehead atoms. The maximum Gasteiger partial charge on any atom is 0.246 e. The van der Waals surface area contributed by atoms with E-state index in [1.165, 1.54) is 31.0 Å². The van der Waals surface area contributed by atoms with Crippen molar-refractivity contribution in [2.45, 2.75) is 90.6 Å². The molecule has 10 heteroatoms. The summed E-state index contributed by atoms with van der Waals surface area (Å²) >= 11 is 0. The second kappa shape index (κ2) is 15.3. The molecule has 6 atom stereocenters. The van der Waals surface area contributed by atoms with Gasteiger partial charge in [-0.25, -0.2) is 4.39 Å². The lowest BCUT2D eigenvalue weighted by atomic mass is 9.95. The number of aliphatic hydroxyl groups is 1. The second-order valence-electron chi connectivity index (χ2n) is 11.8. The Kier molecular flexibility index (Phi) is 12.1. The maximum atomic E-state index is 13.6. The predicted octanol–water partition coefficient (Wildman–Crippen LogP) is 2.84. The number of nitrogens with one attached hydrogen (secondary N) is 3. The smallest absolute Gasteiger partial charge is 0.246 e. The number of fused-ring (bicyclic) bond motifs is 2. The van der Waals surface area contributed by atoms with E-state index in [9.17, 15) is 23.9 Å². The van der Waals surface area contributed by atoms with Crippen LogP contribution < -0.4 is 16.0 Å². The highest BCUT2D eigenvalue weighted by Crippen LogP contribution is 2.34. The molecular formula is C32H47FN4O5. The maximum absolute atomic E-state index is 13.6. The van der Waals surface area contributed by atoms with Gasteiger partial charge in [-0.05, 0) is 75.1 Å². The Hall–Kier alpha value is -3.24. The van der Waals surface area contributed by atoms with Crippen molar-refractivity contribution in [3.8, 4) is 0 Å². The largest absolute Gasteiger partial charge is 0.497 e. The number of amides is 3. The normalized spacial score (nSPS) is 27.9. The van der Waals surface area contributed by atoms with Gasteiger partial charge in [0.25, 0.3) is 0 Å². The zero-order valence-electron chi connectivity index (χ0n) is 25.7. The van der Waals surface area contributed by atoms with Crippen molar-refractivity contribution >= 4 is 17.7 Å². The van der Waals surface area contributed by atoms with Gasteiger partial charge in [-0.3, -0.25) is 14.4 Å². The van der Waals surface area contributed by atoms with E-state index in [0.29, 0.717) is 18.7 Å². The van der Waals surface area contributed by atoms with Crippen LogP contribution in [0.3, 0.4) is 0 Å². The van der Waals surface area contributed by atoms with Crippen LogP contribution >= 0.6 is 0 Å². The van der Waals surface area contributed by atoms with Crippen LogP contribution in [0.25, 0.3) is 0 Å². The third-order valence-corrected chi connectivity index (χ3v) is 8.17. The lowest BCUT2D eigenvalue weighted by Gasteiger charge is -2.34. The first-order valence-electron chi connectivity index (χ1n) is 14.9. The summed E-state index contributed by atoms with van der Waals surface area (Å²) in [6.07, 6.45) is 5.32. The van der Waals surface area contributed by atoms with E-state index in [2.05, 4.69) is 22.0 Å². The topological polar surface area (TPSA) is 120 Å². The van der Waals surface area contributed by atoms with Crippen LogP contribution in [-0.2, 0) is 25.5 Å². The van der Waals surface area contributed by atoms with Crippen molar-refractivity contribution in [3.05, 3.63) is 59.1 Å². The van der Waals surface area contributed by atoms with Crippen molar-refractivity contribution in [2.24, 2.45) is 11.8 Å². The Bertz CT molecular complexity index is 1150. The van der Waals surface area contributed by atoms with Gasteiger partial charge in [0.1, 0.15) is 24.5 Å². The Morgan fingerprint density at radius 2 is 1.79 bits per heavy atom. The molecule has 0 radical (unpaired) electrons. The third kappa shape index (κ3) is 8.64. The lowest BCUT2D eigenvalue weighted by Crippen LogP contribution is -2.61. The average Bonchev–Trinajstić information content (AvgIpc) is 3.39. The SMILES string of the molecule is CC=CC1=C(C)OCCNC(C(C)C)C(=O)N(C)C(C(C)O)C(=O)NC(Cc2ccc(F)cc2)C(=O)NC2CCC1C2. The van der Waals surface area contributed by atoms with E-state index in [-0.39, 0.29) is 36.1 Å².